The fourth-order valence-corrected chi connectivity index (χ4v) is 4.93. The van der Waals surface area contributed by atoms with Crippen LogP contribution in [0.15, 0.2) is 65.8 Å². The molecule has 0 atom stereocenters. The highest BCUT2D eigenvalue weighted by Gasteiger charge is 2.11. The molecule has 0 aliphatic rings. The molecule has 3 aromatic rings. The third-order valence-electron chi connectivity index (χ3n) is 4.47. The number of nitro groups is 2. The minimum atomic E-state index is -0.497. The van der Waals surface area contributed by atoms with Gasteiger partial charge in [-0.05, 0) is 86.1 Å². The number of ether oxygens (including phenoxy) is 1. The molecular weight excluding hydrogens is 670 g/mol. The highest BCUT2D eigenvalue weighted by atomic mass is 127. The van der Waals surface area contributed by atoms with E-state index in [1.165, 1.54) is 42.6 Å². The molecule has 34 heavy (non-hydrogen) atoms. The number of benzene rings is 3. The summed E-state index contributed by atoms with van der Waals surface area (Å²) >= 11 is 4.28. The summed E-state index contributed by atoms with van der Waals surface area (Å²) in [6.07, 6.45) is 1.55. The maximum Gasteiger partial charge on any atom is 0.269 e. The number of nitrogens with one attached hydrogen (secondary N) is 1. The Balaban J connectivity index is 1.56. The highest BCUT2D eigenvalue weighted by Crippen LogP contribution is 2.29. The lowest BCUT2D eigenvalue weighted by molar-refractivity contribution is -0.385. The minimum absolute atomic E-state index is 0.0244. The minimum Gasteiger partial charge on any atom is -0.487 e. The lowest BCUT2D eigenvalue weighted by Gasteiger charge is -2.11. The van der Waals surface area contributed by atoms with Crippen LogP contribution in [0.2, 0.25) is 0 Å². The van der Waals surface area contributed by atoms with Crippen LogP contribution in [0.3, 0.4) is 0 Å². The van der Waals surface area contributed by atoms with Crippen LogP contribution in [0, 0.1) is 27.4 Å². The van der Waals surface area contributed by atoms with E-state index >= 15 is 0 Å². The quantitative estimate of drug-likeness (QED) is 0.146. The van der Waals surface area contributed by atoms with Crippen molar-refractivity contribution in [3.05, 3.63) is 105 Å². The SMILES string of the molecule is O=C(Cc1ccc([N+](=O)[O-])cc1)N/N=C\c1cc(I)c(OCc2ccc([N+](=O)[O-])cc2)c(I)c1. The van der Waals surface area contributed by atoms with E-state index in [4.69, 9.17) is 4.74 Å². The van der Waals surface area contributed by atoms with Gasteiger partial charge in [-0.2, -0.15) is 5.10 Å². The number of hydrogen-bond donors (Lipinski definition) is 1. The number of amides is 1. The van der Waals surface area contributed by atoms with Gasteiger partial charge in [0, 0.05) is 24.3 Å². The molecule has 3 aromatic carbocycles. The zero-order valence-corrected chi connectivity index (χ0v) is 21.6. The zero-order chi connectivity index (χ0) is 24.7. The van der Waals surface area contributed by atoms with Crippen molar-refractivity contribution in [1.29, 1.82) is 0 Å². The fraction of sp³-hybridized carbons (Fsp3) is 0.0909. The van der Waals surface area contributed by atoms with Gasteiger partial charge in [0.1, 0.15) is 12.4 Å². The summed E-state index contributed by atoms with van der Waals surface area (Å²) in [7, 11) is 0. The average Bonchev–Trinajstić information content (AvgIpc) is 2.79. The zero-order valence-electron chi connectivity index (χ0n) is 17.3. The van der Waals surface area contributed by atoms with Gasteiger partial charge in [0.15, 0.2) is 0 Å². The topological polar surface area (TPSA) is 137 Å². The van der Waals surface area contributed by atoms with Gasteiger partial charge in [-0.15, -0.1) is 0 Å². The van der Waals surface area contributed by atoms with Crippen molar-refractivity contribution >= 4 is 68.7 Å². The van der Waals surface area contributed by atoms with E-state index in [2.05, 4.69) is 55.7 Å². The number of hydrogen-bond acceptors (Lipinski definition) is 7. The standard InChI is InChI=1S/C22H16I2N4O6/c23-19-9-16(12-25-26-21(29)11-14-1-5-17(6-2-14)27(30)31)10-20(24)22(19)34-13-15-3-7-18(8-4-15)28(32)33/h1-10,12H,11,13H2,(H,26,29)/b25-12-. The lowest BCUT2D eigenvalue weighted by atomic mass is 10.1. The first kappa shape index (κ1) is 25.5. The van der Waals surface area contributed by atoms with E-state index in [0.29, 0.717) is 11.3 Å². The number of halogens is 2. The number of carbonyl (C=O) groups excluding carboxylic acids is 1. The van der Waals surface area contributed by atoms with E-state index in [1.807, 2.05) is 12.1 Å². The van der Waals surface area contributed by atoms with Gasteiger partial charge in [0.25, 0.3) is 11.4 Å². The molecule has 1 amide bonds. The van der Waals surface area contributed by atoms with Crippen molar-refractivity contribution < 1.29 is 19.4 Å². The van der Waals surface area contributed by atoms with Gasteiger partial charge in [-0.1, -0.05) is 12.1 Å². The van der Waals surface area contributed by atoms with Gasteiger partial charge >= 0.3 is 0 Å². The van der Waals surface area contributed by atoms with Crippen LogP contribution in [-0.4, -0.2) is 22.0 Å². The van der Waals surface area contributed by atoms with Gasteiger partial charge in [0.2, 0.25) is 5.91 Å². The number of hydrazone groups is 1. The number of non-ortho nitro benzene ring substituents is 2. The Morgan fingerprint density at radius 3 is 1.91 bits per heavy atom. The highest BCUT2D eigenvalue weighted by molar-refractivity contribution is 14.1. The van der Waals surface area contributed by atoms with Crippen LogP contribution in [0.5, 0.6) is 5.75 Å². The Hall–Kier alpha value is -3.14. The molecule has 0 aliphatic heterocycles. The second-order valence-electron chi connectivity index (χ2n) is 6.92. The van der Waals surface area contributed by atoms with E-state index in [9.17, 15) is 25.0 Å². The van der Waals surface area contributed by atoms with E-state index in [0.717, 1.165) is 18.3 Å². The largest absolute Gasteiger partial charge is 0.487 e. The number of carbonyl (C=O) groups is 1. The summed E-state index contributed by atoms with van der Waals surface area (Å²) in [5.74, 6) is 0.330. The monoisotopic (exact) mass is 686 g/mol. The summed E-state index contributed by atoms with van der Waals surface area (Å²) in [5.41, 5.74) is 4.63. The van der Waals surface area contributed by atoms with Gasteiger partial charge < -0.3 is 4.74 Å². The molecule has 0 bridgehead atoms. The fourth-order valence-electron chi connectivity index (χ4n) is 2.80. The summed E-state index contributed by atoms with van der Waals surface area (Å²) in [5, 5.41) is 25.4. The molecule has 10 nitrogen and oxygen atoms in total. The van der Waals surface area contributed by atoms with Gasteiger partial charge in [-0.25, -0.2) is 5.43 Å². The second-order valence-corrected chi connectivity index (χ2v) is 9.24. The van der Waals surface area contributed by atoms with Crippen LogP contribution in [0.25, 0.3) is 0 Å². The Morgan fingerprint density at radius 2 is 1.41 bits per heavy atom. The predicted molar refractivity (Wildman–Crippen MR) is 142 cm³/mol. The van der Waals surface area contributed by atoms with Crippen molar-refractivity contribution in [2.45, 2.75) is 13.0 Å². The Morgan fingerprint density at radius 1 is 0.912 bits per heavy atom. The van der Waals surface area contributed by atoms with Gasteiger partial charge in [-0.3, -0.25) is 25.0 Å². The Bertz CT molecular complexity index is 1220. The Labute approximate surface area is 221 Å². The van der Waals surface area contributed by atoms with Crippen LogP contribution < -0.4 is 10.2 Å². The average molecular weight is 686 g/mol. The molecule has 12 heteroatoms. The predicted octanol–water partition coefficient (Wildman–Crippen LogP) is 4.98. The lowest BCUT2D eigenvalue weighted by Crippen LogP contribution is -2.19. The summed E-state index contributed by atoms with van der Waals surface area (Å²) in [6, 6.07) is 15.6. The van der Waals surface area contributed by atoms with Crippen molar-refractivity contribution in [1.82, 2.24) is 5.43 Å². The summed E-state index contributed by atoms with van der Waals surface area (Å²) in [4.78, 5) is 32.6. The molecule has 0 saturated carbocycles. The van der Waals surface area contributed by atoms with Crippen LogP contribution >= 0.6 is 45.2 Å². The van der Waals surface area contributed by atoms with E-state index in [-0.39, 0.29) is 30.3 Å². The first-order valence-corrected chi connectivity index (χ1v) is 11.8. The van der Waals surface area contributed by atoms with E-state index < -0.39 is 9.85 Å². The van der Waals surface area contributed by atoms with Crippen LogP contribution in [0.4, 0.5) is 11.4 Å². The molecule has 0 heterocycles. The third-order valence-corrected chi connectivity index (χ3v) is 6.07. The first-order valence-electron chi connectivity index (χ1n) is 9.63. The van der Waals surface area contributed by atoms with Crippen molar-refractivity contribution in [2.24, 2.45) is 5.10 Å². The smallest absolute Gasteiger partial charge is 0.269 e. The molecule has 0 aliphatic carbocycles. The molecule has 0 unspecified atom stereocenters. The summed E-state index contributed by atoms with van der Waals surface area (Å²) in [6.45, 7) is 0.260. The molecule has 0 radical (unpaired) electrons. The van der Waals surface area contributed by atoms with Crippen LogP contribution in [-0.2, 0) is 17.8 Å². The molecular formula is C22H16I2N4O6. The third kappa shape index (κ3) is 7.18. The second kappa shape index (κ2) is 11.8. The molecule has 0 fully saturated rings. The van der Waals surface area contributed by atoms with Crippen molar-refractivity contribution in [3.8, 4) is 5.75 Å². The number of rotatable bonds is 9. The maximum atomic E-state index is 12.1. The molecule has 3 rings (SSSR count). The molecule has 1 N–H and O–H groups in total. The molecule has 0 aromatic heterocycles. The number of nitrogens with zero attached hydrogens (tertiary/aromatic N) is 3. The van der Waals surface area contributed by atoms with Crippen molar-refractivity contribution in [3.63, 3.8) is 0 Å². The molecule has 0 spiro atoms. The van der Waals surface area contributed by atoms with Crippen molar-refractivity contribution in [2.75, 3.05) is 0 Å². The number of nitro benzene ring substituents is 2. The van der Waals surface area contributed by atoms with E-state index in [1.54, 1.807) is 12.1 Å². The normalized spacial score (nSPS) is 10.8. The molecule has 0 saturated heterocycles. The Kier molecular flexibility index (Phi) is 8.86. The van der Waals surface area contributed by atoms with Gasteiger partial charge in [0.05, 0.1) is 29.6 Å². The summed E-state index contributed by atoms with van der Waals surface area (Å²) < 4.78 is 7.58. The van der Waals surface area contributed by atoms with Crippen LogP contribution in [0.1, 0.15) is 16.7 Å². The molecule has 174 valence electrons. The first-order chi connectivity index (χ1) is 16.2. The maximum absolute atomic E-state index is 12.1.